The molecule has 0 bridgehead atoms. The number of carbonyl (C=O) groups excluding carboxylic acids is 1. The molecule has 3 heterocycles. The Bertz CT molecular complexity index is 608. The van der Waals surface area contributed by atoms with Crippen molar-refractivity contribution >= 4 is 22.6 Å². The van der Waals surface area contributed by atoms with Gasteiger partial charge in [0.15, 0.2) is 0 Å². The molecule has 1 aliphatic heterocycles. The molecule has 2 aromatic heterocycles. The number of hydrogen-bond donors (Lipinski definition) is 1. The van der Waals surface area contributed by atoms with Crippen molar-refractivity contribution in [1.82, 2.24) is 24.6 Å². The maximum Gasteiger partial charge on any atom is 0.271 e. The van der Waals surface area contributed by atoms with Crippen LogP contribution < -0.4 is 10.2 Å². The van der Waals surface area contributed by atoms with Gasteiger partial charge in [-0.15, -0.1) is 0 Å². The minimum atomic E-state index is -0.159. The smallest absolute Gasteiger partial charge is 0.271 e. The molecule has 1 aliphatic rings. The molecule has 7 nitrogen and oxygen atoms in total. The fraction of sp³-hybridized carbons (Fsp3) is 0.462. The van der Waals surface area contributed by atoms with E-state index in [1.807, 2.05) is 6.92 Å². The van der Waals surface area contributed by atoms with Gasteiger partial charge in [-0.2, -0.15) is 4.37 Å². The van der Waals surface area contributed by atoms with Gasteiger partial charge in [-0.05, 0) is 19.8 Å². The van der Waals surface area contributed by atoms with Gasteiger partial charge in [0.05, 0.1) is 6.20 Å². The monoisotopic (exact) mass is 304 g/mol. The summed E-state index contributed by atoms with van der Waals surface area (Å²) in [7, 11) is 0. The molecule has 0 spiro atoms. The molecule has 1 N–H and O–H groups in total. The van der Waals surface area contributed by atoms with Crippen molar-refractivity contribution in [1.29, 1.82) is 0 Å². The maximum atomic E-state index is 12.0. The molecule has 0 aromatic carbocycles. The van der Waals surface area contributed by atoms with Crippen molar-refractivity contribution in [3.63, 3.8) is 0 Å². The van der Waals surface area contributed by atoms with E-state index in [9.17, 15) is 4.79 Å². The first-order valence-corrected chi connectivity index (χ1v) is 7.62. The first-order chi connectivity index (χ1) is 10.2. The molecule has 110 valence electrons. The quantitative estimate of drug-likeness (QED) is 0.912. The Kier molecular flexibility index (Phi) is 4.05. The molecule has 1 saturated heterocycles. The van der Waals surface area contributed by atoms with Gasteiger partial charge in [-0.3, -0.25) is 9.78 Å². The van der Waals surface area contributed by atoms with E-state index in [0.717, 1.165) is 36.9 Å². The third kappa shape index (κ3) is 3.33. The average molecular weight is 304 g/mol. The lowest BCUT2D eigenvalue weighted by Gasteiger charge is -2.31. The standard InChI is InChI=1S/C13H16N6OS/c1-9-16-13(21-18-9)19-6-2-10(3-7-19)17-12(20)11-8-14-4-5-15-11/h4-5,8,10H,2-3,6-7H2,1H3,(H,17,20). The SMILES string of the molecule is Cc1nsc(N2CCC(NC(=O)c3cnccn3)CC2)n1. The van der Waals surface area contributed by atoms with Gasteiger partial charge in [0.1, 0.15) is 11.5 Å². The second kappa shape index (κ2) is 6.13. The molecule has 1 amide bonds. The molecule has 0 radical (unpaired) electrons. The van der Waals surface area contributed by atoms with E-state index in [-0.39, 0.29) is 11.9 Å². The minimum absolute atomic E-state index is 0.159. The zero-order chi connectivity index (χ0) is 14.7. The highest BCUT2D eigenvalue weighted by Gasteiger charge is 2.23. The minimum Gasteiger partial charge on any atom is -0.348 e. The fourth-order valence-corrected chi connectivity index (χ4v) is 3.03. The normalized spacial score (nSPS) is 16.0. The van der Waals surface area contributed by atoms with Gasteiger partial charge in [0, 0.05) is 43.1 Å². The van der Waals surface area contributed by atoms with Crippen LogP contribution in [0, 0.1) is 6.92 Å². The summed E-state index contributed by atoms with van der Waals surface area (Å²) in [5, 5.41) is 3.98. The summed E-state index contributed by atoms with van der Waals surface area (Å²) in [4.78, 5) is 26.5. The Morgan fingerprint density at radius 2 is 2.19 bits per heavy atom. The van der Waals surface area contributed by atoms with Crippen LogP contribution in [0.4, 0.5) is 5.13 Å². The number of anilines is 1. The van der Waals surface area contributed by atoms with Crippen LogP contribution in [0.15, 0.2) is 18.6 Å². The van der Waals surface area contributed by atoms with E-state index in [1.165, 1.54) is 23.9 Å². The van der Waals surface area contributed by atoms with Gasteiger partial charge in [-0.25, -0.2) is 9.97 Å². The van der Waals surface area contributed by atoms with Gasteiger partial charge >= 0.3 is 0 Å². The number of amides is 1. The van der Waals surface area contributed by atoms with E-state index < -0.39 is 0 Å². The maximum absolute atomic E-state index is 12.0. The fourth-order valence-electron chi connectivity index (χ4n) is 2.31. The van der Waals surface area contributed by atoms with Crippen molar-refractivity contribution < 1.29 is 4.79 Å². The van der Waals surface area contributed by atoms with Gasteiger partial charge in [0.25, 0.3) is 5.91 Å². The van der Waals surface area contributed by atoms with E-state index in [0.29, 0.717) is 5.69 Å². The molecule has 21 heavy (non-hydrogen) atoms. The molecule has 0 unspecified atom stereocenters. The van der Waals surface area contributed by atoms with Crippen molar-refractivity contribution in [3.05, 3.63) is 30.1 Å². The van der Waals surface area contributed by atoms with E-state index in [2.05, 4.69) is 29.5 Å². The first kappa shape index (κ1) is 13.9. The number of nitrogens with zero attached hydrogens (tertiary/aromatic N) is 5. The Morgan fingerprint density at radius 3 is 2.81 bits per heavy atom. The Labute approximate surface area is 126 Å². The zero-order valence-electron chi connectivity index (χ0n) is 11.7. The summed E-state index contributed by atoms with van der Waals surface area (Å²) in [6.07, 6.45) is 6.35. The molecule has 3 rings (SSSR count). The molecule has 8 heteroatoms. The van der Waals surface area contributed by atoms with E-state index in [4.69, 9.17) is 0 Å². The van der Waals surface area contributed by atoms with Crippen LogP contribution in [-0.4, -0.2) is 44.4 Å². The number of nitrogens with one attached hydrogen (secondary N) is 1. The lowest BCUT2D eigenvalue weighted by atomic mass is 10.1. The van der Waals surface area contributed by atoms with E-state index >= 15 is 0 Å². The van der Waals surface area contributed by atoms with Crippen molar-refractivity contribution in [3.8, 4) is 0 Å². The average Bonchev–Trinajstić information content (AvgIpc) is 2.95. The first-order valence-electron chi connectivity index (χ1n) is 6.84. The molecule has 0 atom stereocenters. The summed E-state index contributed by atoms with van der Waals surface area (Å²) in [6, 6.07) is 0.171. The second-order valence-electron chi connectivity index (χ2n) is 4.95. The zero-order valence-corrected chi connectivity index (χ0v) is 12.5. The van der Waals surface area contributed by atoms with Crippen LogP contribution in [0.3, 0.4) is 0 Å². The van der Waals surface area contributed by atoms with Gasteiger partial charge in [-0.1, -0.05) is 0 Å². The second-order valence-corrected chi connectivity index (χ2v) is 5.68. The summed E-state index contributed by atoms with van der Waals surface area (Å²) in [6.45, 7) is 3.65. The summed E-state index contributed by atoms with van der Waals surface area (Å²) >= 11 is 1.43. The number of hydrogen-bond acceptors (Lipinski definition) is 7. The van der Waals surface area contributed by atoms with Crippen LogP contribution in [0.2, 0.25) is 0 Å². The molecular formula is C13H16N6OS. The van der Waals surface area contributed by atoms with Crippen LogP contribution in [0.5, 0.6) is 0 Å². The van der Waals surface area contributed by atoms with Gasteiger partial charge < -0.3 is 10.2 Å². The predicted molar refractivity (Wildman–Crippen MR) is 79.4 cm³/mol. The Hall–Kier alpha value is -2.09. The summed E-state index contributed by atoms with van der Waals surface area (Å²) in [5.74, 6) is 0.654. The molecule has 1 fully saturated rings. The molecule has 0 aliphatic carbocycles. The summed E-state index contributed by atoms with van der Waals surface area (Å²) < 4.78 is 4.20. The highest BCUT2D eigenvalue weighted by atomic mass is 32.1. The summed E-state index contributed by atoms with van der Waals surface area (Å²) in [5.41, 5.74) is 0.361. The third-order valence-electron chi connectivity index (χ3n) is 3.41. The topological polar surface area (TPSA) is 83.9 Å². The molecular weight excluding hydrogens is 288 g/mol. The highest BCUT2D eigenvalue weighted by Crippen LogP contribution is 2.21. The number of aryl methyl sites for hydroxylation is 1. The largest absolute Gasteiger partial charge is 0.348 e. The third-order valence-corrected chi connectivity index (χ3v) is 4.28. The Balaban J connectivity index is 1.53. The molecule has 0 saturated carbocycles. The number of piperidine rings is 1. The highest BCUT2D eigenvalue weighted by molar-refractivity contribution is 7.09. The van der Waals surface area contributed by atoms with Crippen LogP contribution in [0.25, 0.3) is 0 Å². The van der Waals surface area contributed by atoms with Crippen LogP contribution in [0.1, 0.15) is 29.2 Å². The van der Waals surface area contributed by atoms with Crippen LogP contribution in [-0.2, 0) is 0 Å². The van der Waals surface area contributed by atoms with E-state index in [1.54, 1.807) is 6.20 Å². The lowest BCUT2D eigenvalue weighted by Crippen LogP contribution is -2.44. The number of carbonyl (C=O) groups is 1. The molecule has 2 aromatic rings. The van der Waals surface area contributed by atoms with Crippen molar-refractivity contribution in [2.75, 3.05) is 18.0 Å². The van der Waals surface area contributed by atoms with Crippen LogP contribution >= 0.6 is 11.5 Å². The number of rotatable bonds is 3. The van der Waals surface area contributed by atoms with Gasteiger partial charge in [0.2, 0.25) is 5.13 Å². The van der Waals surface area contributed by atoms with Crippen molar-refractivity contribution in [2.45, 2.75) is 25.8 Å². The predicted octanol–water partition coefficient (Wildman–Crippen LogP) is 1.04. The van der Waals surface area contributed by atoms with Crippen molar-refractivity contribution in [2.24, 2.45) is 0 Å². The Morgan fingerprint density at radius 1 is 1.38 bits per heavy atom. The number of aromatic nitrogens is 4. The lowest BCUT2D eigenvalue weighted by molar-refractivity contribution is 0.0925.